The smallest absolute Gasteiger partial charge is 0.0734 e. The monoisotopic (exact) mass is 153 g/mol. The lowest BCUT2D eigenvalue weighted by molar-refractivity contribution is -0.169. The summed E-state index contributed by atoms with van der Waals surface area (Å²) in [4.78, 5) is 0. The van der Waals surface area contributed by atoms with Gasteiger partial charge in [0.25, 0.3) is 0 Å². The summed E-state index contributed by atoms with van der Waals surface area (Å²) in [6.07, 6.45) is 6.63. The van der Waals surface area contributed by atoms with Crippen LogP contribution in [0.15, 0.2) is 0 Å². The van der Waals surface area contributed by atoms with Crippen molar-refractivity contribution < 1.29 is 4.74 Å². The minimum absolute atomic E-state index is 0.335. The molecule has 11 heavy (non-hydrogen) atoms. The number of piperidine rings is 1. The maximum absolute atomic E-state index is 5.69. The first-order valence-electron chi connectivity index (χ1n) is 4.72. The maximum atomic E-state index is 5.69. The third-order valence-electron chi connectivity index (χ3n) is 3.56. The van der Waals surface area contributed by atoms with Crippen LogP contribution in [0.1, 0.15) is 32.1 Å². The van der Waals surface area contributed by atoms with Gasteiger partial charge in [-0.05, 0) is 38.6 Å². The van der Waals surface area contributed by atoms with Crippen molar-refractivity contribution in [3.8, 4) is 0 Å². The van der Waals surface area contributed by atoms with Crippen LogP contribution in [-0.4, -0.2) is 24.3 Å². The van der Waals surface area contributed by atoms with Crippen molar-refractivity contribution >= 4 is 0 Å². The van der Waals surface area contributed by atoms with E-state index >= 15 is 0 Å². The van der Waals surface area contributed by atoms with Gasteiger partial charge < -0.3 is 10.1 Å². The van der Waals surface area contributed by atoms with Gasteiger partial charge in [0.1, 0.15) is 0 Å². The number of rotatable bonds is 0. The van der Waals surface area contributed by atoms with Crippen molar-refractivity contribution in [3.63, 3.8) is 0 Å². The first kappa shape index (κ1) is 6.44. The van der Waals surface area contributed by atoms with E-state index in [2.05, 4.69) is 5.32 Å². The van der Waals surface area contributed by atoms with Gasteiger partial charge in [-0.25, -0.2) is 0 Å². The number of ether oxygens (including phenoxy) is 1. The van der Waals surface area contributed by atoms with Crippen LogP contribution in [0, 0.1) is 0 Å². The fourth-order valence-corrected chi connectivity index (χ4v) is 2.55. The van der Waals surface area contributed by atoms with E-state index < -0.39 is 0 Å². The SMILES string of the molecule is C1CC2(CCO2)CC2(CC2)N1. The third-order valence-corrected chi connectivity index (χ3v) is 3.56. The van der Waals surface area contributed by atoms with Gasteiger partial charge in [0.15, 0.2) is 0 Å². The zero-order valence-electron chi connectivity index (χ0n) is 6.86. The molecule has 0 aromatic rings. The predicted octanol–water partition coefficient (Wildman–Crippen LogP) is 1.06. The molecule has 2 aliphatic heterocycles. The molecule has 3 fully saturated rings. The highest BCUT2D eigenvalue weighted by atomic mass is 16.5. The molecule has 62 valence electrons. The summed E-state index contributed by atoms with van der Waals surface area (Å²) >= 11 is 0. The van der Waals surface area contributed by atoms with Crippen LogP contribution in [0.3, 0.4) is 0 Å². The molecule has 0 amide bonds. The average molecular weight is 153 g/mol. The van der Waals surface area contributed by atoms with Crippen molar-refractivity contribution in [2.45, 2.75) is 43.2 Å². The molecule has 2 heterocycles. The molecule has 0 bridgehead atoms. The summed E-state index contributed by atoms with van der Waals surface area (Å²) in [6.45, 7) is 2.19. The summed E-state index contributed by atoms with van der Waals surface area (Å²) in [7, 11) is 0. The Morgan fingerprint density at radius 3 is 2.45 bits per heavy atom. The molecular weight excluding hydrogens is 138 g/mol. The quantitative estimate of drug-likeness (QED) is 0.562. The maximum Gasteiger partial charge on any atom is 0.0734 e. The van der Waals surface area contributed by atoms with Gasteiger partial charge >= 0.3 is 0 Å². The van der Waals surface area contributed by atoms with Crippen LogP contribution in [-0.2, 0) is 4.74 Å². The molecule has 2 saturated heterocycles. The second-order valence-corrected chi connectivity index (χ2v) is 4.42. The molecule has 1 atom stereocenters. The molecule has 2 heteroatoms. The van der Waals surface area contributed by atoms with Crippen molar-refractivity contribution in [2.75, 3.05) is 13.2 Å². The van der Waals surface area contributed by atoms with Crippen LogP contribution in [0.2, 0.25) is 0 Å². The first-order chi connectivity index (χ1) is 5.33. The Bertz CT molecular complexity index is 182. The highest BCUT2D eigenvalue weighted by molar-refractivity contribution is 5.11. The lowest BCUT2D eigenvalue weighted by atomic mass is 9.80. The summed E-state index contributed by atoms with van der Waals surface area (Å²) in [6, 6.07) is 0. The number of nitrogens with one attached hydrogen (secondary N) is 1. The van der Waals surface area contributed by atoms with Crippen molar-refractivity contribution in [2.24, 2.45) is 0 Å². The summed E-state index contributed by atoms with van der Waals surface area (Å²) in [5, 5.41) is 3.61. The number of hydrogen-bond donors (Lipinski definition) is 1. The normalized spacial score (nSPS) is 45.8. The fraction of sp³-hybridized carbons (Fsp3) is 1.00. The molecule has 0 radical (unpaired) electrons. The molecule has 1 saturated carbocycles. The van der Waals surface area contributed by atoms with Gasteiger partial charge in [-0.2, -0.15) is 0 Å². The Labute approximate surface area is 67.3 Å². The highest BCUT2D eigenvalue weighted by Crippen LogP contribution is 2.50. The Balaban J connectivity index is 1.77. The molecular formula is C9H15NO. The van der Waals surface area contributed by atoms with Gasteiger partial charge in [0.05, 0.1) is 12.2 Å². The second-order valence-electron chi connectivity index (χ2n) is 4.42. The van der Waals surface area contributed by atoms with E-state index in [0.717, 1.165) is 6.61 Å². The molecule has 2 spiro atoms. The van der Waals surface area contributed by atoms with E-state index in [9.17, 15) is 0 Å². The first-order valence-corrected chi connectivity index (χ1v) is 4.72. The van der Waals surface area contributed by atoms with E-state index in [4.69, 9.17) is 4.74 Å². The Hall–Kier alpha value is -0.0800. The average Bonchev–Trinajstić information content (AvgIpc) is 2.66. The molecule has 1 N–H and O–H groups in total. The van der Waals surface area contributed by atoms with E-state index in [-0.39, 0.29) is 0 Å². The van der Waals surface area contributed by atoms with Gasteiger partial charge in [-0.15, -0.1) is 0 Å². The zero-order chi connectivity index (χ0) is 7.36. The molecule has 0 aromatic carbocycles. The molecule has 3 aliphatic rings. The zero-order valence-corrected chi connectivity index (χ0v) is 6.86. The minimum Gasteiger partial charge on any atom is -0.375 e. The standard InChI is InChI=1S/C9H15NO/c1-2-8(1)7-9(3-5-10-8)4-6-11-9/h10H,1-7H2. The van der Waals surface area contributed by atoms with Crippen molar-refractivity contribution in [1.82, 2.24) is 5.32 Å². The summed E-state index contributed by atoms with van der Waals surface area (Å²) in [5.41, 5.74) is 0.875. The van der Waals surface area contributed by atoms with Crippen LogP contribution < -0.4 is 5.32 Å². The van der Waals surface area contributed by atoms with Crippen molar-refractivity contribution in [1.29, 1.82) is 0 Å². The molecule has 3 rings (SSSR count). The van der Waals surface area contributed by atoms with E-state index in [0.29, 0.717) is 11.1 Å². The van der Waals surface area contributed by atoms with Gasteiger partial charge in [-0.1, -0.05) is 0 Å². The largest absolute Gasteiger partial charge is 0.375 e. The number of hydrogen-bond acceptors (Lipinski definition) is 2. The van der Waals surface area contributed by atoms with E-state index in [1.807, 2.05) is 0 Å². The van der Waals surface area contributed by atoms with Crippen LogP contribution >= 0.6 is 0 Å². The second kappa shape index (κ2) is 1.80. The summed E-state index contributed by atoms with van der Waals surface area (Å²) < 4.78 is 5.69. The Kier molecular flexibility index (Phi) is 1.06. The minimum atomic E-state index is 0.335. The Morgan fingerprint density at radius 1 is 1.09 bits per heavy atom. The van der Waals surface area contributed by atoms with E-state index in [1.165, 1.54) is 38.6 Å². The third kappa shape index (κ3) is 0.859. The van der Waals surface area contributed by atoms with Crippen LogP contribution in [0.5, 0.6) is 0 Å². The highest BCUT2D eigenvalue weighted by Gasteiger charge is 2.54. The molecule has 1 unspecified atom stereocenters. The lowest BCUT2D eigenvalue weighted by Crippen LogP contribution is -2.56. The van der Waals surface area contributed by atoms with E-state index in [1.54, 1.807) is 0 Å². The Morgan fingerprint density at radius 2 is 1.91 bits per heavy atom. The molecule has 0 aromatic heterocycles. The van der Waals surface area contributed by atoms with Gasteiger partial charge in [0.2, 0.25) is 0 Å². The van der Waals surface area contributed by atoms with Crippen LogP contribution in [0.4, 0.5) is 0 Å². The lowest BCUT2D eigenvalue weighted by Gasteiger charge is -2.48. The molecule has 1 aliphatic carbocycles. The summed E-state index contributed by atoms with van der Waals surface area (Å²) in [5.74, 6) is 0. The van der Waals surface area contributed by atoms with Crippen LogP contribution in [0.25, 0.3) is 0 Å². The molecule has 2 nitrogen and oxygen atoms in total. The fourth-order valence-electron chi connectivity index (χ4n) is 2.55. The van der Waals surface area contributed by atoms with Gasteiger partial charge in [-0.3, -0.25) is 0 Å². The van der Waals surface area contributed by atoms with Gasteiger partial charge in [0, 0.05) is 5.54 Å². The topological polar surface area (TPSA) is 21.3 Å². The predicted molar refractivity (Wildman–Crippen MR) is 42.5 cm³/mol. The van der Waals surface area contributed by atoms with Crippen molar-refractivity contribution in [3.05, 3.63) is 0 Å².